The van der Waals surface area contributed by atoms with Crippen molar-refractivity contribution in [3.63, 3.8) is 0 Å². The number of aromatic carboxylic acids is 1. The van der Waals surface area contributed by atoms with Gasteiger partial charge in [0.05, 0.1) is 22.5 Å². The molecule has 0 saturated carbocycles. The summed E-state index contributed by atoms with van der Waals surface area (Å²) in [5, 5.41) is 15.1. The zero-order valence-corrected chi connectivity index (χ0v) is 28.9. The molecule has 8 nitrogen and oxygen atoms in total. The van der Waals surface area contributed by atoms with Gasteiger partial charge in [0.1, 0.15) is 10.9 Å². The maximum Gasteiger partial charge on any atom is 0.336 e. The van der Waals surface area contributed by atoms with Crippen LogP contribution in [-0.4, -0.2) is 33.0 Å². The fraction of sp³-hybridized carbons (Fsp3) is 0.0227. The number of anilines is 2. The molecule has 1 aromatic heterocycles. The first-order chi connectivity index (χ1) is 25.9. The second kappa shape index (κ2) is 14.4. The van der Waals surface area contributed by atoms with E-state index in [9.17, 15) is 19.5 Å². The number of nitrogens with one attached hydrogen (secondary N) is 1. The molecule has 0 spiro atoms. The van der Waals surface area contributed by atoms with Gasteiger partial charge in [0.25, 0.3) is 5.91 Å². The summed E-state index contributed by atoms with van der Waals surface area (Å²) >= 11 is 1.20. The summed E-state index contributed by atoms with van der Waals surface area (Å²) in [6.07, 6.45) is 1.80. The number of nitrogens with zero attached hydrogens (tertiary/aromatic N) is 3. The number of aliphatic imine (C=N–C) groups is 1. The maximum atomic E-state index is 14.2. The molecule has 1 aliphatic rings. The molecule has 0 fully saturated rings. The fourth-order valence-electron chi connectivity index (χ4n) is 6.34. The molecule has 2 amide bonds. The Morgan fingerprint density at radius 3 is 2.15 bits per heavy atom. The maximum absolute atomic E-state index is 14.2. The van der Waals surface area contributed by atoms with Crippen molar-refractivity contribution in [1.82, 2.24) is 4.98 Å². The summed E-state index contributed by atoms with van der Waals surface area (Å²) < 4.78 is 0. The summed E-state index contributed by atoms with van der Waals surface area (Å²) in [4.78, 5) is 51.4. The molecule has 1 atom stereocenters. The number of hydrogen-bond acceptors (Lipinski definition) is 6. The first-order valence-corrected chi connectivity index (χ1v) is 17.7. The van der Waals surface area contributed by atoms with Gasteiger partial charge < -0.3 is 10.4 Å². The average Bonchev–Trinajstić information content (AvgIpc) is 3.50. The van der Waals surface area contributed by atoms with Crippen LogP contribution in [0.15, 0.2) is 168 Å². The lowest BCUT2D eigenvalue weighted by Gasteiger charge is -2.22. The van der Waals surface area contributed by atoms with Gasteiger partial charge in [-0.2, -0.15) is 0 Å². The fourth-order valence-corrected chi connectivity index (χ4v) is 7.46. The Kier molecular flexibility index (Phi) is 9.06. The normalized spacial score (nSPS) is 14.0. The number of pyridine rings is 1. The number of carbonyl (C=O) groups excluding carboxylic acids is 2. The third-order valence-electron chi connectivity index (χ3n) is 8.92. The van der Waals surface area contributed by atoms with E-state index in [1.807, 2.05) is 109 Å². The van der Waals surface area contributed by atoms with Gasteiger partial charge in [-0.3, -0.25) is 14.5 Å². The zero-order chi connectivity index (χ0) is 36.3. The highest BCUT2D eigenvalue weighted by Gasteiger charge is 2.36. The van der Waals surface area contributed by atoms with Crippen molar-refractivity contribution in [2.24, 2.45) is 4.99 Å². The van der Waals surface area contributed by atoms with Crippen LogP contribution >= 0.6 is 11.8 Å². The number of aromatic nitrogens is 1. The predicted octanol–water partition coefficient (Wildman–Crippen LogP) is 9.61. The monoisotopic (exact) mass is 710 g/mol. The van der Waals surface area contributed by atoms with Crippen molar-refractivity contribution in [1.29, 1.82) is 0 Å². The number of thioether (sulfide) groups is 1. The number of amides is 2. The van der Waals surface area contributed by atoms with Gasteiger partial charge in [-0.15, -0.1) is 0 Å². The first-order valence-electron chi connectivity index (χ1n) is 16.9. The van der Waals surface area contributed by atoms with E-state index in [-0.39, 0.29) is 23.1 Å². The molecule has 0 bridgehead atoms. The number of carboxylic acid groups (broad SMARTS) is 1. The highest BCUT2D eigenvalue weighted by atomic mass is 32.2. The van der Waals surface area contributed by atoms with Crippen LogP contribution < -0.4 is 10.2 Å². The van der Waals surface area contributed by atoms with Crippen LogP contribution in [0.3, 0.4) is 0 Å². The lowest BCUT2D eigenvalue weighted by atomic mass is 10.0. The molecular weight excluding hydrogens is 681 g/mol. The number of carboxylic acids is 1. The average molecular weight is 711 g/mol. The van der Waals surface area contributed by atoms with E-state index < -0.39 is 11.2 Å². The number of hydrogen-bond donors (Lipinski definition) is 2. The van der Waals surface area contributed by atoms with Crippen LogP contribution in [0.5, 0.6) is 0 Å². The van der Waals surface area contributed by atoms with Crippen molar-refractivity contribution in [3.8, 4) is 11.3 Å². The number of rotatable bonds is 8. The minimum absolute atomic E-state index is 0.165. The Morgan fingerprint density at radius 1 is 0.736 bits per heavy atom. The molecule has 2 N–H and O–H groups in total. The molecule has 2 heterocycles. The van der Waals surface area contributed by atoms with Gasteiger partial charge in [-0.25, -0.2) is 14.8 Å². The van der Waals surface area contributed by atoms with E-state index in [4.69, 9.17) is 4.99 Å². The second-order valence-electron chi connectivity index (χ2n) is 12.3. The second-order valence-corrected chi connectivity index (χ2v) is 13.4. The van der Waals surface area contributed by atoms with Gasteiger partial charge in [0, 0.05) is 16.6 Å². The van der Waals surface area contributed by atoms with Crippen molar-refractivity contribution < 1.29 is 19.5 Å². The largest absolute Gasteiger partial charge is 0.478 e. The van der Waals surface area contributed by atoms with E-state index in [0.29, 0.717) is 38.7 Å². The minimum Gasteiger partial charge on any atom is -0.478 e. The molecule has 9 heteroatoms. The van der Waals surface area contributed by atoms with Crippen molar-refractivity contribution >= 4 is 73.8 Å². The van der Waals surface area contributed by atoms with E-state index in [1.54, 1.807) is 59.5 Å². The standard InChI is InChI=1S/C44H30N4O4S/c49-41(45-32-24-22-29(23-25-32)38-27-36(43(51)52)35-20-9-10-21-37(35)46-38)40(30-13-3-1-4-14-30)53-44-47-39(42(50)48(44)33-17-5-2-6-18-33)26-31-16-11-15-28-12-7-8-19-34(28)31/h1-27,40H,(H,45,49)(H,51,52)/b39-26-. The summed E-state index contributed by atoms with van der Waals surface area (Å²) in [6, 6.07) is 48.4. The van der Waals surface area contributed by atoms with Crippen molar-refractivity contribution in [3.05, 3.63) is 180 Å². The van der Waals surface area contributed by atoms with Crippen LogP contribution in [-0.2, 0) is 9.59 Å². The lowest BCUT2D eigenvalue weighted by Crippen LogP contribution is -2.32. The predicted molar refractivity (Wildman–Crippen MR) is 213 cm³/mol. The van der Waals surface area contributed by atoms with Crippen molar-refractivity contribution in [2.75, 3.05) is 10.2 Å². The molecule has 7 aromatic rings. The molecule has 1 unspecified atom stereocenters. The topological polar surface area (TPSA) is 112 Å². The number of benzene rings is 6. The number of fused-ring (bicyclic) bond motifs is 2. The van der Waals surface area contributed by atoms with Gasteiger partial charge in [-0.05, 0) is 64.4 Å². The number of para-hydroxylation sites is 2. The smallest absolute Gasteiger partial charge is 0.336 e. The summed E-state index contributed by atoms with van der Waals surface area (Å²) in [7, 11) is 0. The van der Waals surface area contributed by atoms with Crippen LogP contribution in [0.4, 0.5) is 11.4 Å². The van der Waals surface area contributed by atoms with Gasteiger partial charge in [-0.1, -0.05) is 133 Å². The highest BCUT2D eigenvalue weighted by molar-refractivity contribution is 8.15. The third kappa shape index (κ3) is 6.81. The van der Waals surface area contributed by atoms with Gasteiger partial charge in [0.15, 0.2) is 5.17 Å². The molecule has 8 rings (SSSR count). The van der Waals surface area contributed by atoms with E-state index in [1.165, 1.54) is 11.8 Å². The number of carbonyl (C=O) groups is 3. The quantitative estimate of drug-likeness (QED) is 0.152. The van der Waals surface area contributed by atoms with Crippen LogP contribution in [0.1, 0.15) is 26.7 Å². The Hall–Kier alpha value is -6.84. The van der Waals surface area contributed by atoms with Crippen LogP contribution in [0, 0.1) is 0 Å². The van der Waals surface area contributed by atoms with E-state index in [0.717, 1.165) is 21.9 Å². The third-order valence-corrected chi connectivity index (χ3v) is 10.1. The minimum atomic E-state index is -1.03. The molecule has 0 aliphatic carbocycles. The summed E-state index contributed by atoms with van der Waals surface area (Å²) in [5.41, 5.74) is 5.01. The lowest BCUT2D eigenvalue weighted by molar-refractivity contribution is -0.116. The molecule has 256 valence electrons. The van der Waals surface area contributed by atoms with Crippen molar-refractivity contribution in [2.45, 2.75) is 5.25 Å². The highest BCUT2D eigenvalue weighted by Crippen LogP contribution is 2.38. The molecule has 0 radical (unpaired) electrons. The molecular formula is C44H30N4O4S. The SMILES string of the molecule is O=C(O)c1cc(-c2ccc(NC(=O)C(SC3=N/C(=C\c4cccc5ccccc45)C(=O)N3c3ccccc3)c3ccccc3)cc2)nc2ccccc12. The zero-order valence-electron chi connectivity index (χ0n) is 28.1. The van der Waals surface area contributed by atoms with E-state index >= 15 is 0 Å². The van der Waals surface area contributed by atoms with Crippen LogP contribution in [0.25, 0.3) is 39.0 Å². The Morgan fingerprint density at radius 2 is 1.40 bits per heavy atom. The van der Waals surface area contributed by atoms with Crippen LogP contribution in [0.2, 0.25) is 0 Å². The Balaban J connectivity index is 1.11. The summed E-state index contributed by atoms with van der Waals surface area (Å²) in [5.74, 6) is -1.63. The molecule has 1 aliphatic heterocycles. The van der Waals surface area contributed by atoms with Gasteiger partial charge in [0.2, 0.25) is 5.91 Å². The number of amidine groups is 1. The Labute approximate surface area is 309 Å². The van der Waals surface area contributed by atoms with E-state index in [2.05, 4.69) is 10.3 Å². The first kappa shape index (κ1) is 33.3. The molecule has 53 heavy (non-hydrogen) atoms. The molecule has 0 saturated heterocycles. The Bertz CT molecular complexity index is 2580. The molecule has 6 aromatic carbocycles. The van der Waals surface area contributed by atoms with Gasteiger partial charge >= 0.3 is 5.97 Å². The summed E-state index contributed by atoms with van der Waals surface area (Å²) in [6.45, 7) is 0.